The first-order chi connectivity index (χ1) is 8.25. The summed E-state index contributed by atoms with van der Waals surface area (Å²) in [6.07, 6.45) is 6.22. The van der Waals surface area contributed by atoms with E-state index in [-0.39, 0.29) is 0 Å². The average Bonchev–Trinajstić information content (AvgIpc) is 2.74. The van der Waals surface area contributed by atoms with Gasteiger partial charge in [-0.25, -0.2) is 8.78 Å². The van der Waals surface area contributed by atoms with Crippen molar-refractivity contribution in [1.82, 2.24) is 0 Å². The Morgan fingerprint density at radius 3 is 2.59 bits per heavy atom. The highest BCUT2D eigenvalue weighted by atomic mass is 19.1. The molecule has 1 atom stereocenters. The molecule has 0 saturated heterocycles. The molecule has 1 fully saturated rings. The zero-order chi connectivity index (χ0) is 11.8. The molecule has 0 bridgehead atoms. The molecule has 1 nitrogen and oxygen atoms in total. The van der Waals surface area contributed by atoms with Crippen LogP contribution in [0.3, 0.4) is 0 Å². The van der Waals surface area contributed by atoms with Crippen LogP contribution in [-0.4, -0.2) is 6.54 Å². The Labute approximate surface area is 100 Å². The Hall–Kier alpha value is -1.12. The van der Waals surface area contributed by atoms with Crippen molar-refractivity contribution in [3.8, 4) is 0 Å². The van der Waals surface area contributed by atoms with Gasteiger partial charge in [0.1, 0.15) is 11.6 Å². The van der Waals surface area contributed by atoms with Gasteiger partial charge < -0.3 is 5.32 Å². The molecule has 0 spiro atoms. The van der Waals surface area contributed by atoms with Crippen molar-refractivity contribution in [2.24, 2.45) is 5.92 Å². The summed E-state index contributed by atoms with van der Waals surface area (Å²) in [7, 11) is 0. The molecular formula is C14H17F2N. The molecule has 1 heterocycles. The van der Waals surface area contributed by atoms with E-state index in [1.165, 1.54) is 38.2 Å². The van der Waals surface area contributed by atoms with Crippen LogP contribution >= 0.6 is 0 Å². The van der Waals surface area contributed by atoms with Gasteiger partial charge in [-0.3, -0.25) is 0 Å². The molecule has 1 N–H and O–H groups in total. The van der Waals surface area contributed by atoms with E-state index in [1.807, 2.05) is 0 Å². The lowest BCUT2D eigenvalue weighted by molar-refractivity contribution is 0.315. The van der Waals surface area contributed by atoms with Crippen LogP contribution in [-0.2, 0) is 0 Å². The van der Waals surface area contributed by atoms with E-state index >= 15 is 0 Å². The van der Waals surface area contributed by atoms with Gasteiger partial charge in [-0.15, -0.1) is 0 Å². The minimum atomic E-state index is -0.453. The average molecular weight is 237 g/mol. The van der Waals surface area contributed by atoms with Crippen molar-refractivity contribution in [2.75, 3.05) is 11.9 Å². The van der Waals surface area contributed by atoms with Gasteiger partial charge in [0, 0.05) is 18.5 Å². The summed E-state index contributed by atoms with van der Waals surface area (Å²) in [5, 5.41) is 3.10. The van der Waals surface area contributed by atoms with Gasteiger partial charge in [0.15, 0.2) is 0 Å². The van der Waals surface area contributed by atoms with Crippen LogP contribution in [0.4, 0.5) is 14.5 Å². The number of anilines is 1. The number of benzene rings is 1. The van der Waals surface area contributed by atoms with Crippen LogP contribution in [0, 0.1) is 17.6 Å². The smallest absolute Gasteiger partial charge is 0.149 e. The minimum absolute atomic E-state index is 0.301. The second-order valence-electron chi connectivity index (χ2n) is 5.24. The van der Waals surface area contributed by atoms with Gasteiger partial charge in [0.25, 0.3) is 0 Å². The molecule has 92 valence electrons. The van der Waals surface area contributed by atoms with Gasteiger partial charge >= 0.3 is 0 Å². The fraction of sp³-hybridized carbons (Fsp3) is 0.571. The van der Waals surface area contributed by atoms with Crippen molar-refractivity contribution in [2.45, 2.75) is 38.0 Å². The molecule has 1 aromatic carbocycles. The van der Waals surface area contributed by atoms with Crippen molar-refractivity contribution in [1.29, 1.82) is 0 Å². The normalized spacial score (nSPS) is 24.5. The predicted octanol–water partition coefficient (Wildman–Crippen LogP) is 4.05. The van der Waals surface area contributed by atoms with Crippen LogP contribution in [0.5, 0.6) is 0 Å². The Morgan fingerprint density at radius 1 is 1.06 bits per heavy atom. The third kappa shape index (κ3) is 1.92. The van der Waals surface area contributed by atoms with Crippen molar-refractivity contribution in [3.05, 3.63) is 29.3 Å². The lowest BCUT2D eigenvalue weighted by atomic mass is 9.78. The summed E-state index contributed by atoms with van der Waals surface area (Å²) in [6, 6.07) is 2.48. The van der Waals surface area contributed by atoms with Crippen LogP contribution in [0.1, 0.15) is 43.6 Å². The maximum absolute atomic E-state index is 13.6. The molecule has 1 aliphatic heterocycles. The Balaban J connectivity index is 1.92. The lowest BCUT2D eigenvalue weighted by Crippen LogP contribution is -2.17. The van der Waals surface area contributed by atoms with Crippen LogP contribution in [0.25, 0.3) is 0 Å². The highest BCUT2D eigenvalue weighted by molar-refractivity contribution is 5.59. The third-order valence-corrected chi connectivity index (χ3v) is 4.20. The van der Waals surface area contributed by atoms with E-state index in [9.17, 15) is 8.78 Å². The van der Waals surface area contributed by atoms with E-state index in [0.717, 1.165) is 18.2 Å². The maximum atomic E-state index is 13.6. The van der Waals surface area contributed by atoms with Gasteiger partial charge in [-0.05, 0) is 30.4 Å². The van der Waals surface area contributed by atoms with Crippen LogP contribution in [0.2, 0.25) is 0 Å². The molecule has 1 aromatic rings. The van der Waals surface area contributed by atoms with Gasteiger partial charge in [0.2, 0.25) is 0 Å². The largest absolute Gasteiger partial charge is 0.382 e. The van der Waals surface area contributed by atoms with Gasteiger partial charge in [0.05, 0.1) is 5.69 Å². The van der Waals surface area contributed by atoms with Crippen molar-refractivity contribution >= 4 is 5.69 Å². The van der Waals surface area contributed by atoms with Gasteiger partial charge in [-0.1, -0.05) is 19.3 Å². The lowest BCUT2D eigenvalue weighted by Gasteiger charge is -2.27. The van der Waals surface area contributed by atoms with Crippen molar-refractivity contribution in [3.63, 3.8) is 0 Å². The molecular weight excluding hydrogens is 220 g/mol. The molecule has 17 heavy (non-hydrogen) atoms. The zero-order valence-electron chi connectivity index (χ0n) is 9.81. The molecule has 2 aliphatic rings. The Kier molecular flexibility index (Phi) is 2.77. The maximum Gasteiger partial charge on any atom is 0.149 e. The van der Waals surface area contributed by atoms with E-state index in [1.54, 1.807) is 0 Å². The first-order valence-corrected chi connectivity index (χ1v) is 6.48. The Bertz CT molecular complexity index is 424. The van der Waals surface area contributed by atoms with Gasteiger partial charge in [-0.2, -0.15) is 0 Å². The van der Waals surface area contributed by atoms with E-state index < -0.39 is 11.6 Å². The second kappa shape index (κ2) is 4.28. The minimum Gasteiger partial charge on any atom is -0.382 e. The summed E-state index contributed by atoms with van der Waals surface area (Å²) in [4.78, 5) is 0. The second-order valence-corrected chi connectivity index (χ2v) is 5.24. The summed E-state index contributed by atoms with van der Waals surface area (Å²) in [5.41, 5.74) is 1.39. The first-order valence-electron chi connectivity index (χ1n) is 6.48. The Morgan fingerprint density at radius 2 is 1.82 bits per heavy atom. The highest BCUT2D eigenvalue weighted by Crippen LogP contribution is 2.43. The zero-order valence-corrected chi connectivity index (χ0v) is 9.81. The molecule has 1 unspecified atom stereocenters. The number of fused-ring (bicyclic) bond motifs is 1. The third-order valence-electron chi connectivity index (χ3n) is 4.20. The quantitative estimate of drug-likeness (QED) is 0.776. The van der Waals surface area contributed by atoms with E-state index in [2.05, 4.69) is 5.32 Å². The van der Waals surface area contributed by atoms with Crippen LogP contribution < -0.4 is 5.32 Å². The fourth-order valence-corrected chi connectivity index (χ4v) is 3.35. The number of halogens is 2. The van der Waals surface area contributed by atoms with Crippen LogP contribution in [0.15, 0.2) is 12.1 Å². The van der Waals surface area contributed by atoms with E-state index in [4.69, 9.17) is 0 Å². The summed E-state index contributed by atoms with van der Waals surface area (Å²) in [5.74, 6) is -0.00160. The topological polar surface area (TPSA) is 12.0 Å². The number of rotatable bonds is 1. The number of nitrogens with one attached hydrogen (secondary N) is 1. The summed E-state index contributed by atoms with van der Waals surface area (Å²) < 4.78 is 26.9. The molecule has 0 radical (unpaired) electrons. The summed E-state index contributed by atoms with van der Waals surface area (Å²) in [6.45, 7) is 0.764. The predicted molar refractivity (Wildman–Crippen MR) is 64.2 cm³/mol. The number of hydrogen-bond donors (Lipinski definition) is 1. The van der Waals surface area contributed by atoms with E-state index in [0.29, 0.717) is 17.5 Å². The molecule has 1 saturated carbocycles. The molecule has 3 rings (SSSR count). The first kappa shape index (κ1) is 11.0. The molecule has 1 aliphatic carbocycles. The fourth-order valence-electron chi connectivity index (χ4n) is 3.35. The monoisotopic (exact) mass is 237 g/mol. The standard InChI is InChI=1S/C14H17F2N/c15-10-6-11-12(9-4-2-1-3-5-9)8-17-14(11)13(16)7-10/h6-7,9,12,17H,1-5,8H2. The molecule has 0 aromatic heterocycles. The van der Waals surface area contributed by atoms with Crippen molar-refractivity contribution < 1.29 is 8.78 Å². The highest BCUT2D eigenvalue weighted by Gasteiger charge is 2.32. The molecule has 3 heteroatoms. The SMILES string of the molecule is Fc1cc(F)c2c(c1)C(C1CCCCC1)CN2. The number of hydrogen-bond acceptors (Lipinski definition) is 1. The summed E-state index contributed by atoms with van der Waals surface area (Å²) >= 11 is 0. The molecule has 0 amide bonds.